The fourth-order valence-electron chi connectivity index (χ4n) is 1.74. The number of methoxy groups -OCH3 is 1. The number of ether oxygens (including phenoxy) is 2. The second-order valence-electron chi connectivity index (χ2n) is 4.38. The summed E-state index contributed by atoms with van der Waals surface area (Å²) >= 11 is 0. The van der Waals surface area contributed by atoms with Crippen molar-refractivity contribution in [2.45, 2.75) is 58.8 Å². The molecule has 0 radical (unpaired) electrons. The number of carbonyl (C=O) groups is 2. The zero-order valence-corrected chi connectivity index (χ0v) is 12.4. The van der Waals surface area contributed by atoms with Gasteiger partial charge in [0.05, 0.1) is 13.7 Å². The lowest BCUT2D eigenvalue weighted by molar-refractivity contribution is -0.143. The van der Waals surface area contributed by atoms with Crippen LogP contribution in [-0.4, -0.2) is 25.7 Å². The van der Waals surface area contributed by atoms with Gasteiger partial charge >= 0.3 is 11.9 Å². The Labute approximate surface area is 116 Å². The van der Waals surface area contributed by atoms with Gasteiger partial charge in [-0.05, 0) is 26.2 Å². The van der Waals surface area contributed by atoms with E-state index < -0.39 is 0 Å². The lowest BCUT2D eigenvalue weighted by Crippen LogP contribution is -2.09. The zero-order valence-electron chi connectivity index (χ0n) is 12.4. The lowest BCUT2D eigenvalue weighted by Gasteiger charge is -2.06. The van der Waals surface area contributed by atoms with E-state index in [0.29, 0.717) is 18.6 Å². The Kier molecular flexibility index (Phi) is 10.9. The molecule has 0 aliphatic carbocycles. The summed E-state index contributed by atoms with van der Waals surface area (Å²) in [5.41, 5.74) is 0.576. The largest absolute Gasteiger partial charge is 0.466 e. The summed E-state index contributed by atoms with van der Waals surface area (Å²) in [7, 11) is 1.36. The normalized spacial score (nSPS) is 11.2. The van der Waals surface area contributed by atoms with Crippen molar-refractivity contribution in [3.05, 3.63) is 11.6 Å². The number of esters is 2. The van der Waals surface area contributed by atoms with Crippen LogP contribution in [0, 0.1) is 0 Å². The van der Waals surface area contributed by atoms with Gasteiger partial charge in [0, 0.05) is 12.0 Å². The number of unbranched alkanes of at least 4 members (excludes halogenated alkanes) is 4. The summed E-state index contributed by atoms with van der Waals surface area (Å²) < 4.78 is 9.57. The van der Waals surface area contributed by atoms with Crippen molar-refractivity contribution in [2.75, 3.05) is 13.7 Å². The van der Waals surface area contributed by atoms with Gasteiger partial charge in [-0.15, -0.1) is 0 Å². The maximum absolute atomic E-state index is 11.6. The van der Waals surface area contributed by atoms with Gasteiger partial charge in [0.25, 0.3) is 0 Å². The van der Waals surface area contributed by atoms with Gasteiger partial charge in [-0.25, -0.2) is 4.79 Å². The third-order valence-corrected chi connectivity index (χ3v) is 2.80. The SMILES string of the molecule is CCCCCC/C=C(/CCC(=O)OCC)C(=O)OC. The van der Waals surface area contributed by atoms with Crippen molar-refractivity contribution in [1.29, 1.82) is 0 Å². The highest BCUT2D eigenvalue weighted by molar-refractivity contribution is 5.89. The highest BCUT2D eigenvalue weighted by atomic mass is 16.5. The van der Waals surface area contributed by atoms with E-state index in [4.69, 9.17) is 9.47 Å². The van der Waals surface area contributed by atoms with Crippen molar-refractivity contribution >= 4 is 11.9 Å². The third-order valence-electron chi connectivity index (χ3n) is 2.80. The van der Waals surface area contributed by atoms with Gasteiger partial charge in [0.2, 0.25) is 0 Å². The molecule has 0 aliphatic rings. The summed E-state index contributed by atoms with van der Waals surface area (Å²) in [6, 6.07) is 0. The molecule has 0 fully saturated rings. The molecule has 110 valence electrons. The molecule has 19 heavy (non-hydrogen) atoms. The Balaban J connectivity index is 4.18. The molecule has 0 spiro atoms. The molecule has 0 atom stereocenters. The van der Waals surface area contributed by atoms with Crippen LogP contribution in [0.25, 0.3) is 0 Å². The molecular weight excluding hydrogens is 244 g/mol. The van der Waals surface area contributed by atoms with Crippen molar-refractivity contribution in [1.82, 2.24) is 0 Å². The predicted octanol–water partition coefficient (Wildman–Crippen LogP) is 3.40. The summed E-state index contributed by atoms with van der Waals surface area (Å²) in [6.45, 7) is 4.30. The molecule has 0 saturated heterocycles. The molecule has 0 aliphatic heterocycles. The van der Waals surface area contributed by atoms with E-state index in [9.17, 15) is 9.59 Å². The second-order valence-corrected chi connectivity index (χ2v) is 4.38. The molecule has 0 aromatic carbocycles. The second kappa shape index (κ2) is 11.8. The highest BCUT2D eigenvalue weighted by Crippen LogP contribution is 2.12. The van der Waals surface area contributed by atoms with Crippen LogP contribution >= 0.6 is 0 Å². The quantitative estimate of drug-likeness (QED) is 0.347. The molecule has 0 unspecified atom stereocenters. The average molecular weight is 270 g/mol. The lowest BCUT2D eigenvalue weighted by atomic mass is 10.1. The number of hydrogen-bond donors (Lipinski definition) is 0. The number of rotatable bonds is 10. The van der Waals surface area contributed by atoms with Crippen LogP contribution in [0.15, 0.2) is 11.6 Å². The van der Waals surface area contributed by atoms with E-state index in [2.05, 4.69) is 6.92 Å². The van der Waals surface area contributed by atoms with Gasteiger partial charge in [0.1, 0.15) is 0 Å². The minimum absolute atomic E-state index is 0.226. The van der Waals surface area contributed by atoms with Crippen molar-refractivity contribution in [3.8, 4) is 0 Å². The maximum atomic E-state index is 11.6. The molecule has 0 heterocycles. The molecule has 0 N–H and O–H groups in total. The summed E-state index contributed by atoms with van der Waals surface area (Å²) in [5, 5.41) is 0. The molecule has 0 aromatic heterocycles. The van der Waals surface area contributed by atoms with Gasteiger partial charge in [-0.1, -0.05) is 32.3 Å². The number of allylic oxidation sites excluding steroid dienone is 1. The van der Waals surface area contributed by atoms with E-state index in [1.165, 1.54) is 26.4 Å². The minimum Gasteiger partial charge on any atom is -0.466 e. The van der Waals surface area contributed by atoms with Crippen LogP contribution in [-0.2, 0) is 19.1 Å². The van der Waals surface area contributed by atoms with E-state index in [-0.39, 0.29) is 18.4 Å². The first-order valence-corrected chi connectivity index (χ1v) is 7.08. The molecule has 4 heteroatoms. The monoisotopic (exact) mass is 270 g/mol. The van der Waals surface area contributed by atoms with Crippen LogP contribution in [0.5, 0.6) is 0 Å². The zero-order chi connectivity index (χ0) is 14.5. The first kappa shape index (κ1) is 17.7. The molecule has 0 bridgehead atoms. The minimum atomic E-state index is -0.347. The van der Waals surface area contributed by atoms with Gasteiger partial charge in [-0.3, -0.25) is 4.79 Å². The smallest absolute Gasteiger partial charge is 0.333 e. The van der Waals surface area contributed by atoms with Crippen molar-refractivity contribution in [2.24, 2.45) is 0 Å². The molecule has 4 nitrogen and oxygen atoms in total. The first-order chi connectivity index (χ1) is 9.15. The highest BCUT2D eigenvalue weighted by Gasteiger charge is 2.12. The molecule has 0 saturated carbocycles. The van der Waals surface area contributed by atoms with Crippen LogP contribution in [0.2, 0.25) is 0 Å². The maximum Gasteiger partial charge on any atom is 0.333 e. The summed E-state index contributed by atoms with van der Waals surface area (Å²) in [4.78, 5) is 22.8. The molecule has 0 amide bonds. The number of carbonyl (C=O) groups excluding carboxylic acids is 2. The first-order valence-electron chi connectivity index (χ1n) is 7.08. The van der Waals surface area contributed by atoms with Gasteiger partial charge in [-0.2, -0.15) is 0 Å². The molecular formula is C15H26O4. The van der Waals surface area contributed by atoms with E-state index in [1.807, 2.05) is 6.08 Å². The fourth-order valence-corrected chi connectivity index (χ4v) is 1.74. The Morgan fingerprint density at radius 3 is 2.37 bits per heavy atom. The van der Waals surface area contributed by atoms with Gasteiger partial charge in [0.15, 0.2) is 0 Å². The van der Waals surface area contributed by atoms with E-state index in [0.717, 1.165) is 12.8 Å². The van der Waals surface area contributed by atoms with Crippen molar-refractivity contribution in [3.63, 3.8) is 0 Å². The standard InChI is InChI=1S/C15H26O4/c1-4-6-7-8-9-10-13(15(17)18-3)11-12-14(16)19-5-2/h10H,4-9,11-12H2,1-3H3/b13-10-. The number of hydrogen-bond acceptors (Lipinski definition) is 4. The van der Waals surface area contributed by atoms with Gasteiger partial charge < -0.3 is 9.47 Å². The predicted molar refractivity (Wildman–Crippen MR) is 74.7 cm³/mol. The summed E-state index contributed by atoms with van der Waals surface area (Å²) in [5.74, 6) is -0.622. The topological polar surface area (TPSA) is 52.6 Å². The Morgan fingerprint density at radius 2 is 1.79 bits per heavy atom. The fraction of sp³-hybridized carbons (Fsp3) is 0.733. The molecule has 0 aromatic rings. The Morgan fingerprint density at radius 1 is 1.05 bits per heavy atom. The van der Waals surface area contributed by atoms with E-state index >= 15 is 0 Å². The van der Waals surface area contributed by atoms with Crippen LogP contribution < -0.4 is 0 Å². The Hall–Kier alpha value is -1.32. The van der Waals surface area contributed by atoms with Crippen LogP contribution in [0.4, 0.5) is 0 Å². The van der Waals surface area contributed by atoms with E-state index in [1.54, 1.807) is 6.92 Å². The van der Waals surface area contributed by atoms with Crippen LogP contribution in [0.1, 0.15) is 58.8 Å². The summed E-state index contributed by atoms with van der Waals surface area (Å²) in [6.07, 6.45) is 7.99. The van der Waals surface area contributed by atoms with Crippen molar-refractivity contribution < 1.29 is 19.1 Å². The average Bonchev–Trinajstić information content (AvgIpc) is 2.41. The van der Waals surface area contributed by atoms with Crippen LogP contribution in [0.3, 0.4) is 0 Å². The Bertz CT molecular complexity index is 295. The molecule has 0 rings (SSSR count). The third kappa shape index (κ3) is 9.28.